The summed E-state index contributed by atoms with van der Waals surface area (Å²) < 4.78 is 15.3. The number of allylic oxidation sites excluding steroid dienone is 8. The molecule has 0 bridgehead atoms. The molecule has 2 aliphatic carbocycles. The second kappa shape index (κ2) is 10.2. The van der Waals surface area contributed by atoms with Crippen LogP contribution in [0.25, 0.3) is 11.1 Å². The summed E-state index contributed by atoms with van der Waals surface area (Å²) in [4.78, 5) is 0. The molecule has 2 unspecified atom stereocenters. The fraction of sp³-hybridized carbons (Fsp3) is 0.333. The molecule has 2 aromatic heterocycles. The number of hydrogen-bond donors (Lipinski definition) is 0. The van der Waals surface area contributed by atoms with Crippen LogP contribution in [0.3, 0.4) is 0 Å². The van der Waals surface area contributed by atoms with Gasteiger partial charge in [-0.05, 0) is 0 Å². The molecule has 0 amide bonds. The smallest absolute Gasteiger partial charge is 0.147 e. The molecule has 0 spiro atoms. The van der Waals surface area contributed by atoms with Gasteiger partial charge < -0.3 is 0 Å². The van der Waals surface area contributed by atoms with Gasteiger partial charge in [0.05, 0.1) is 0 Å². The summed E-state index contributed by atoms with van der Waals surface area (Å²) in [7, 11) is 0. The first kappa shape index (κ1) is 25.5. The summed E-state index contributed by atoms with van der Waals surface area (Å²) in [5.41, 5.74) is 5.11. The third kappa shape index (κ3) is 4.39. The third-order valence-corrected chi connectivity index (χ3v) is 23.5. The van der Waals surface area contributed by atoms with Crippen LogP contribution in [0.15, 0.2) is 75.5 Å². The van der Waals surface area contributed by atoms with Crippen molar-refractivity contribution in [3.63, 3.8) is 0 Å². The minimum absolute atomic E-state index is 0. The van der Waals surface area contributed by atoms with Crippen molar-refractivity contribution in [1.82, 2.24) is 0 Å². The second-order valence-corrected chi connectivity index (χ2v) is 25.0. The number of hydrogen-bond acceptors (Lipinski definition) is 2. The Hall–Kier alpha value is -0.800. The van der Waals surface area contributed by atoms with Gasteiger partial charge in [0.25, 0.3) is 0 Å². The van der Waals surface area contributed by atoms with Crippen molar-refractivity contribution in [1.29, 1.82) is 0 Å². The van der Waals surface area contributed by atoms with Gasteiger partial charge in [-0.1, -0.05) is 0 Å². The quantitative estimate of drug-likeness (QED) is 0.369. The molecule has 2 aromatic rings. The Balaban J connectivity index is 0.00000160. The maximum absolute atomic E-state index is 5.90. The Bertz CT molecular complexity index is 986. The topological polar surface area (TPSA) is 26.3 Å². The van der Waals surface area contributed by atoms with Crippen LogP contribution < -0.4 is 0 Å². The molecular weight excluding hydrogens is 510 g/mol. The fourth-order valence-electron chi connectivity index (χ4n) is 4.85. The van der Waals surface area contributed by atoms with Gasteiger partial charge in [0.15, 0.2) is 0 Å². The maximum atomic E-state index is 5.90. The van der Waals surface area contributed by atoms with Crippen molar-refractivity contribution in [3.05, 3.63) is 78.2 Å². The number of halogens is 2. The molecule has 0 N–H and O–H groups in total. The summed E-state index contributed by atoms with van der Waals surface area (Å²) >= 11 is -2.13. The van der Waals surface area contributed by atoms with E-state index < -0.39 is 25.8 Å². The predicted molar refractivity (Wildman–Crippen MR) is 129 cm³/mol. The van der Waals surface area contributed by atoms with Crippen LogP contribution in [-0.2, 0) is 20.4 Å². The molecule has 0 saturated heterocycles. The number of furan rings is 2. The van der Waals surface area contributed by atoms with E-state index in [1.165, 1.54) is 22.3 Å². The Kier molecular flexibility index (Phi) is 8.67. The average Bonchev–Trinajstić information content (AvgIpc) is 3.38. The second-order valence-electron chi connectivity index (χ2n) is 8.18. The van der Waals surface area contributed by atoms with Crippen LogP contribution in [0.5, 0.6) is 0 Å². The molecule has 2 heterocycles. The van der Waals surface area contributed by atoms with E-state index in [1.54, 1.807) is 19.1 Å². The van der Waals surface area contributed by atoms with E-state index in [2.05, 4.69) is 65.1 Å². The molecule has 160 valence electrons. The van der Waals surface area contributed by atoms with Crippen molar-refractivity contribution < 1.29 is 29.2 Å². The summed E-state index contributed by atoms with van der Waals surface area (Å²) in [6, 6.07) is 8.29. The Morgan fingerprint density at radius 2 is 1.17 bits per heavy atom. The van der Waals surface area contributed by atoms with E-state index >= 15 is 0 Å². The van der Waals surface area contributed by atoms with E-state index in [-0.39, 0.29) is 24.8 Å². The Morgan fingerprint density at radius 1 is 0.767 bits per heavy atom. The third-order valence-electron chi connectivity index (χ3n) is 5.81. The zero-order valence-corrected chi connectivity index (χ0v) is 23.5. The Morgan fingerprint density at radius 3 is 1.47 bits per heavy atom. The SMILES string of the molecule is CC1=CC(C)[C]([Zr]([C]2=C(c3ccco3)C(C)=CC2C)=[Si](C)C)=C1c1ccco1.Cl.Cl. The molecular formula is C24H30Cl2O2SiZr. The van der Waals surface area contributed by atoms with Crippen LogP contribution >= 0.6 is 24.8 Å². The standard InChI is InChI=1S/2C11H11O.C2H6Si.2ClH.Zr/c2*1-8-6-9(2)10(7-8)11-4-3-5-12-11;1-3-2;;;/h2*3-6,8H,1-2H3;1-2H3;2*1H;. The van der Waals surface area contributed by atoms with E-state index in [0.29, 0.717) is 11.8 Å². The molecule has 0 aromatic carbocycles. The normalized spacial score (nSPS) is 20.6. The average molecular weight is 541 g/mol. The molecule has 0 saturated carbocycles. The van der Waals surface area contributed by atoms with Gasteiger partial charge in [-0.3, -0.25) is 0 Å². The molecule has 0 fully saturated rings. The maximum Gasteiger partial charge on any atom is -0.147 e. The van der Waals surface area contributed by atoms with Crippen molar-refractivity contribution in [3.8, 4) is 0 Å². The summed E-state index contributed by atoms with van der Waals surface area (Å²) in [5, 5.41) is 0. The van der Waals surface area contributed by atoms with E-state index in [4.69, 9.17) is 8.83 Å². The van der Waals surface area contributed by atoms with Crippen LogP contribution in [0.2, 0.25) is 13.1 Å². The summed E-state index contributed by atoms with van der Waals surface area (Å²) in [6.45, 7) is 14.3. The van der Waals surface area contributed by atoms with Crippen LogP contribution in [-0.4, -0.2) is 5.43 Å². The zero-order valence-electron chi connectivity index (χ0n) is 18.4. The first-order chi connectivity index (χ1) is 13.4. The molecule has 2 nitrogen and oxygen atoms in total. The van der Waals surface area contributed by atoms with E-state index in [0.717, 1.165) is 11.5 Å². The van der Waals surface area contributed by atoms with Gasteiger partial charge in [-0.25, -0.2) is 0 Å². The van der Waals surface area contributed by atoms with E-state index in [9.17, 15) is 0 Å². The van der Waals surface area contributed by atoms with Crippen molar-refractivity contribution >= 4 is 41.4 Å². The van der Waals surface area contributed by atoms with Crippen molar-refractivity contribution in [2.75, 3.05) is 0 Å². The van der Waals surface area contributed by atoms with Crippen LogP contribution in [0.4, 0.5) is 0 Å². The molecule has 0 radical (unpaired) electrons. The van der Waals surface area contributed by atoms with Gasteiger partial charge >= 0.3 is 177 Å². The monoisotopic (exact) mass is 538 g/mol. The molecule has 6 heteroatoms. The first-order valence-electron chi connectivity index (χ1n) is 10.0. The Labute approximate surface area is 200 Å². The van der Waals surface area contributed by atoms with Gasteiger partial charge in [0, 0.05) is 0 Å². The fourth-order valence-corrected chi connectivity index (χ4v) is 24.2. The molecule has 2 atom stereocenters. The molecule has 2 aliphatic rings. The predicted octanol–water partition coefficient (Wildman–Crippen LogP) is 7.90. The van der Waals surface area contributed by atoms with Gasteiger partial charge in [0.1, 0.15) is 0 Å². The van der Waals surface area contributed by atoms with Gasteiger partial charge in [0.2, 0.25) is 0 Å². The van der Waals surface area contributed by atoms with Crippen molar-refractivity contribution in [2.24, 2.45) is 11.8 Å². The van der Waals surface area contributed by atoms with Gasteiger partial charge in [-0.15, -0.1) is 24.8 Å². The number of rotatable bonds is 4. The van der Waals surface area contributed by atoms with Crippen LogP contribution in [0, 0.1) is 11.8 Å². The van der Waals surface area contributed by atoms with E-state index in [1.807, 2.05) is 12.1 Å². The van der Waals surface area contributed by atoms with Crippen LogP contribution in [0.1, 0.15) is 39.2 Å². The van der Waals surface area contributed by atoms with Gasteiger partial charge in [-0.2, -0.15) is 0 Å². The summed E-state index contributed by atoms with van der Waals surface area (Å²) in [5.74, 6) is 3.11. The molecule has 30 heavy (non-hydrogen) atoms. The van der Waals surface area contributed by atoms with Crippen molar-refractivity contribution in [2.45, 2.75) is 40.8 Å². The zero-order chi connectivity index (χ0) is 20.0. The largest absolute Gasteiger partial charge is 0.147 e. The summed E-state index contributed by atoms with van der Waals surface area (Å²) in [6.07, 6.45) is 8.51. The first-order valence-corrected chi connectivity index (χ1v) is 18.7. The minimum atomic E-state index is -2.13. The molecule has 4 rings (SSSR count). The minimum Gasteiger partial charge on any atom is -0.147 e. The molecule has 0 aliphatic heterocycles.